The van der Waals surface area contributed by atoms with Crippen molar-refractivity contribution in [3.63, 3.8) is 0 Å². The SMILES string of the molecule is C[N-]c1ncccc1C.[S-]c1ccccc1.[U+2]. The van der Waals surface area contributed by atoms with Crippen molar-refractivity contribution in [3.8, 4) is 0 Å². The Morgan fingerprint density at radius 2 is 1.71 bits per heavy atom. The van der Waals surface area contributed by atoms with E-state index in [1.807, 2.05) is 49.4 Å². The molecule has 86 valence electrons. The Morgan fingerprint density at radius 3 is 2.06 bits per heavy atom. The Kier molecular flexibility index (Phi) is 9.16. The van der Waals surface area contributed by atoms with Crippen molar-refractivity contribution in [2.45, 2.75) is 11.8 Å². The second-order valence-corrected chi connectivity index (χ2v) is 3.65. The van der Waals surface area contributed by atoms with E-state index in [0.29, 0.717) is 0 Å². The van der Waals surface area contributed by atoms with Crippen molar-refractivity contribution in [2.24, 2.45) is 0 Å². The third-order valence-electron chi connectivity index (χ3n) is 1.94. The van der Waals surface area contributed by atoms with Gasteiger partial charge in [0.05, 0.1) is 0 Å². The summed E-state index contributed by atoms with van der Waals surface area (Å²) >= 11 is 4.81. The molecule has 0 unspecified atom stereocenters. The molecular formula is C13H14N2SU. The Morgan fingerprint density at radius 1 is 1.06 bits per heavy atom. The summed E-state index contributed by atoms with van der Waals surface area (Å²) in [5.41, 5.74) is 1.13. The molecule has 0 aliphatic rings. The van der Waals surface area contributed by atoms with Crippen LogP contribution in [0.1, 0.15) is 5.56 Å². The van der Waals surface area contributed by atoms with Crippen LogP contribution in [0.4, 0.5) is 5.82 Å². The molecule has 0 amide bonds. The summed E-state index contributed by atoms with van der Waals surface area (Å²) in [6, 6.07) is 13.5. The van der Waals surface area contributed by atoms with Gasteiger partial charge in [0.25, 0.3) is 0 Å². The maximum absolute atomic E-state index is 4.81. The van der Waals surface area contributed by atoms with Gasteiger partial charge in [0.2, 0.25) is 0 Å². The van der Waals surface area contributed by atoms with Crippen LogP contribution in [0.3, 0.4) is 0 Å². The van der Waals surface area contributed by atoms with Crippen LogP contribution in [-0.2, 0) is 12.6 Å². The number of aromatic nitrogens is 1. The molecule has 0 atom stereocenters. The van der Waals surface area contributed by atoms with Gasteiger partial charge in [-0.1, -0.05) is 67.1 Å². The van der Waals surface area contributed by atoms with E-state index in [0.717, 1.165) is 16.3 Å². The van der Waals surface area contributed by atoms with Crippen molar-refractivity contribution in [1.82, 2.24) is 4.98 Å². The normalized spacial score (nSPS) is 8.35. The van der Waals surface area contributed by atoms with Crippen LogP contribution >= 0.6 is 0 Å². The summed E-state index contributed by atoms with van der Waals surface area (Å²) in [6.45, 7) is 2.00. The van der Waals surface area contributed by atoms with E-state index in [2.05, 4.69) is 10.3 Å². The monoisotopic (exact) mass is 468 g/mol. The molecule has 0 bridgehead atoms. The molecule has 0 aliphatic carbocycles. The molecule has 17 heavy (non-hydrogen) atoms. The first-order chi connectivity index (χ1) is 7.74. The van der Waals surface area contributed by atoms with Gasteiger partial charge in [-0.15, -0.1) is 0 Å². The molecule has 1 heterocycles. The smallest absolute Gasteiger partial charge is 0.780 e. The number of nitrogens with zero attached hydrogens (tertiary/aromatic N) is 2. The molecule has 1 aromatic carbocycles. The fourth-order valence-corrected chi connectivity index (χ4v) is 1.29. The number of hydrogen-bond donors (Lipinski definition) is 0. The molecule has 0 saturated heterocycles. The number of aryl methyl sites for hydroxylation is 1. The average Bonchev–Trinajstić information content (AvgIpc) is 2.31. The van der Waals surface area contributed by atoms with Gasteiger partial charge in [-0.25, -0.2) is 0 Å². The van der Waals surface area contributed by atoms with Crippen LogP contribution in [0, 0.1) is 38.0 Å². The summed E-state index contributed by atoms with van der Waals surface area (Å²) in [4.78, 5) is 4.94. The number of rotatable bonds is 1. The molecule has 2 rings (SSSR count). The largest absolute Gasteiger partial charge is 2.00 e. The predicted molar refractivity (Wildman–Crippen MR) is 70.0 cm³/mol. The molecule has 0 N–H and O–H groups in total. The van der Waals surface area contributed by atoms with E-state index in [9.17, 15) is 0 Å². The van der Waals surface area contributed by atoms with Gasteiger partial charge in [0, 0.05) is 0 Å². The number of benzene rings is 1. The van der Waals surface area contributed by atoms with Crippen LogP contribution < -0.4 is 0 Å². The van der Waals surface area contributed by atoms with Crippen molar-refractivity contribution < 1.29 is 31.1 Å². The average molecular weight is 468 g/mol. The Bertz CT molecular complexity index is 421. The van der Waals surface area contributed by atoms with Crippen LogP contribution in [-0.4, -0.2) is 12.0 Å². The second-order valence-electron chi connectivity index (χ2n) is 3.18. The quantitative estimate of drug-likeness (QED) is 0.598. The zero-order chi connectivity index (χ0) is 11.8. The number of hydrogen-bond acceptors (Lipinski definition) is 2. The standard InChI is InChI=1S/C7H9N2.C6H6S.U/c1-6-4-3-5-9-7(6)8-2;7-6-4-2-1-3-5-6;/h3-5H,1-2H3;1-5,7H;/q-1;;+2/p-1. The molecule has 2 nitrogen and oxygen atoms in total. The van der Waals surface area contributed by atoms with E-state index >= 15 is 0 Å². The van der Waals surface area contributed by atoms with Gasteiger partial charge in [0.1, 0.15) is 0 Å². The van der Waals surface area contributed by atoms with Crippen LogP contribution in [0.25, 0.3) is 5.32 Å². The Balaban J connectivity index is 0.000000292. The first-order valence-corrected chi connectivity index (χ1v) is 5.38. The fraction of sp³-hybridized carbons (Fsp3) is 0.154. The summed E-state index contributed by atoms with van der Waals surface area (Å²) < 4.78 is 0. The fourth-order valence-electron chi connectivity index (χ4n) is 1.13. The number of pyridine rings is 1. The maximum atomic E-state index is 4.81. The molecule has 4 heteroatoms. The van der Waals surface area contributed by atoms with Gasteiger partial charge in [-0.05, 0) is 6.92 Å². The summed E-state index contributed by atoms with van der Waals surface area (Å²) in [5, 5.41) is 3.96. The zero-order valence-corrected chi connectivity index (χ0v) is 14.9. The molecule has 1 aromatic heterocycles. The molecule has 0 fully saturated rings. The van der Waals surface area contributed by atoms with Crippen LogP contribution in [0.15, 0.2) is 53.6 Å². The second kappa shape index (κ2) is 9.47. The van der Waals surface area contributed by atoms with Crippen molar-refractivity contribution in [3.05, 3.63) is 59.5 Å². The van der Waals surface area contributed by atoms with E-state index in [1.165, 1.54) is 0 Å². The third-order valence-corrected chi connectivity index (χ3v) is 2.21. The van der Waals surface area contributed by atoms with Gasteiger partial charge < -0.3 is 22.9 Å². The summed E-state index contributed by atoms with van der Waals surface area (Å²) in [6.07, 6.45) is 1.75. The topological polar surface area (TPSA) is 27.0 Å². The van der Waals surface area contributed by atoms with Gasteiger partial charge in [-0.3, -0.25) is 0 Å². The van der Waals surface area contributed by atoms with Crippen LogP contribution in [0.5, 0.6) is 0 Å². The van der Waals surface area contributed by atoms with E-state index in [4.69, 9.17) is 12.6 Å². The molecule has 2 aromatic rings. The summed E-state index contributed by atoms with van der Waals surface area (Å²) in [7, 11) is 1.75. The Labute approximate surface area is 132 Å². The van der Waals surface area contributed by atoms with Crippen molar-refractivity contribution in [2.75, 3.05) is 7.05 Å². The van der Waals surface area contributed by atoms with Gasteiger partial charge in [-0.2, -0.15) is 4.90 Å². The van der Waals surface area contributed by atoms with Crippen LogP contribution in [0.2, 0.25) is 0 Å². The minimum Gasteiger partial charge on any atom is -0.780 e. The van der Waals surface area contributed by atoms with Crippen molar-refractivity contribution >= 4 is 18.4 Å². The first-order valence-electron chi connectivity index (χ1n) is 4.97. The molecule has 0 spiro atoms. The maximum Gasteiger partial charge on any atom is 2.00 e. The molecule has 0 aliphatic heterocycles. The minimum absolute atomic E-state index is 0. The van der Waals surface area contributed by atoms with Gasteiger partial charge >= 0.3 is 31.1 Å². The van der Waals surface area contributed by atoms with E-state index < -0.39 is 0 Å². The predicted octanol–water partition coefficient (Wildman–Crippen LogP) is 3.62. The Hall–Kier alpha value is -0.558. The van der Waals surface area contributed by atoms with E-state index in [1.54, 1.807) is 13.2 Å². The first kappa shape index (κ1) is 16.4. The van der Waals surface area contributed by atoms with Gasteiger partial charge in [0.15, 0.2) is 0 Å². The van der Waals surface area contributed by atoms with Crippen molar-refractivity contribution in [1.29, 1.82) is 0 Å². The molecular weight excluding hydrogens is 454 g/mol. The molecule has 0 radical (unpaired) electrons. The summed E-state index contributed by atoms with van der Waals surface area (Å²) in [5.74, 6) is 0.831. The minimum atomic E-state index is 0. The van der Waals surface area contributed by atoms with E-state index in [-0.39, 0.29) is 31.1 Å². The zero-order valence-electron chi connectivity index (χ0n) is 9.92. The third kappa shape index (κ3) is 6.68. The molecule has 0 saturated carbocycles.